The molecule has 2 heterocycles. The molecule has 108 valence electrons. The highest BCUT2D eigenvalue weighted by atomic mass is 35.5. The minimum Gasteiger partial charge on any atom is -0.316 e. The van der Waals surface area contributed by atoms with Gasteiger partial charge in [0.2, 0.25) is 0 Å². The molecule has 0 atom stereocenters. The molecule has 0 aliphatic carbocycles. The summed E-state index contributed by atoms with van der Waals surface area (Å²) in [5, 5.41) is 3.53. The van der Waals surface area contributed by atoms with Gasteiger partial charge < -0.3 is 5.32 Å². The summed E-state index contributed by atoms with van der Waals surface area (Å²) in [6.45, 7) is 6.17. The zero-order valence-electron chi connectivity index (χ0n) is 11.3. The average Bonchev–Trinajstić information content (AvgIpc) is 2.83. The van der Waals surface area contributed by atoms with E-state index in [0.717, 1.165) is 6.54 Å². The molecule has 2 aliphatic heterocycles. The molecule has 3 rings (SSSR count). The van der Waals surface area contributed by atoms with Crippen molar-refractivity contribution in [2.45, 2.75) is 25.8 Å². The SMILES string of the molecule is Cl.Cl.c1ccc(CN2CCC3(CCNC3)CC2)cc1. The fourth-order valence-electron chi connectivity index (χ4n) is 3.25. The van der Waals surface area contributed by atoms with Crippen LogP contribution in [0, 0.1) is 5.41 Å². The van der Waals surface area contributed by atoms with Crippen molar-refractivity contribution >= 4 is 24.8 Å². The smallest absolute Gasteiger partial charge is 0.0233 e. The van der Waals surface area contributed by atoms with E-state index in [-0.39, 0.29) is 24.8 Å². The summed E-state index contributed by atoms with van der Waals surface area (Å²) >= 11 is 0. The third-order valence-corrected chi connectivity index (χ3v) is 4.50. The van der Waals surface area contributed by atoms with Gasteiger partial charge in [-0.1, -0.05) is 30.3 Å². The maximum atomic E-state index is 3.53. The van der Waals surface area contributed by atoms with Gasteiger partial charge in [0.25, 0.3) is 0 Å². The highest BCUT2D eigenvalue weighted by Gasteiger charge is 2.36. The Hall–Kier alpha value is -0.280. The Morgan fingerprint density at radius 1 is 1.00 bits per heavy atom. The highest BCUT2D eigenvalue weighted by molar-refractivity contribution is 5.85. The van der Waals surface area contributed by atoms with Gasteiger partial charge in [0.1, 0.15) is 0 Å². The number of nitrogens with zero attached hydrogens (tertiary/aromatic N) is 1. The first-order valence-corrected chi connectivity index (χ1v) is 6.83. The second kappa shape index (κ2) is 7.49. The number of rotatable bonds is 2. The fourth-order valence-corrected chi connectivity index (χ4v) is 3.25. The molecule has 0 saturated carbocycles. The molecule has 2 saturated heterocycles. The highest BCUT2D eigenvalue weighted by Crippen LogP contribution is 2.37. The van der Waals surface area contributed by atoms with Crippen molar-refractivity contribution in [1.82, 2.24) is 10.2 Å². The summed E-state index contributed by atoms with van der Waals surface area (Å²) < 4.78 is 0. The standard InChI is InChI=1S/C15H22N2.2ClH/c1-2-4-14(5-3-1)12-17-10-7-15(8-11-17)6-9-16-13-15;;/h1-5,16H,6-13H2;2*1H. The Kier molecular flexibility index (Phi) is 6.61. The Balaban J connectivity index is 0.000000902. The lowest BCUT2D eigenvalue weighted by Crippen LogP contribution is -2.40. The maximum absolute atomic E-state index is 3.53. The van der Waals surface area contributed by atoms with Gasteiger partial charge in [-0.15, -0.1) is 24.8 Å². The van der Waals surface area contributed by atoms with Crippen molar-refractivity contribution in [3.8, 4) is 0 Å². The molecule has 4 heteroatoms. The molecular formula is C15H24Cl2N2. The number of hydrogen-bond donors (Lipinski definition) is 1. The molecule has 0 amide bonds. The van der Waals surface area contributed by atoms with E-state index in [1.165, 1.54) is 51.0 Å². The van der Waals surface area contributed by atoms with Crippen LogP contribution in [0.3, 0.4) is 0 Å². The normalized spacial score (nSPS) is 21.7. The third kappa shape index (κ3) is 4.09. The first-order valence-electron chi connectivity index (χ1n) is 6.83. The Bertz CT molecular complexity index is 354. The summed E-state index contributed by atoms with van der Waals surface area (Å²) in [7, 11) is 0. The van der Waals surface area contributed by atoms with E-state index in [2.05, 4.69) is 40.5 Å². The van der Waals surface area contributed by atoms with E-state index in [1.807, 2.05) is 0 Å². The van der Waals surface area contributed by atoms with Crippen LogP contribution < -0.4 is 5.32 Å². The summed E-state index contributed by atoms with van der Waals surface area (Å²) in [6.07, 6.45) is 4.16. The summed E-state index contributed by atoms with van der Waals surface area (Å²) in [4.78, 5) is 2.61. The zero-order valence-corrected chi connectivity index (χ0v) is 12.9. The lowest BCUT2D eigenvalue weighted by molar-refractivity contribution is 0.114. The first kappa shape index (κ1) is 16.8. The largest absolute Gasteiger partial charge is 0.316 e. The number of benzene rings is 1. The van der Waals surface area contributed by atoms with Crippen LogP contribution in [0.2, 0.25) is 0 Å². The second-order valence-corrected chi connectivity index (χ2v) is 5.69. The van der Waals surface area contributed by atoms with Gasteiger partial charge in [-0.25, -0.2) is 0 Å². The molecule has 0 radical (unpaired) electrons. The molecule has 0 aromatic heterocycles. The predicted octanol–water partition coefficient (Wildman–Crippen LogP) is 3.11. The Labute approximate surface area is 128 Å². The van der Waals surface area contributed by atoms with Crippen LogP contribution in [0.15, 0.2) is 30.3 Å². The molecule has 2 nitrogen and oxygen atoms in total. The Morgan fingerprint density at radius 2 is 1.68 bits per heavy atom. The molecule has 0 bridgehead atoms. The van der Waals surface area contributed by atoms with Crippen molar-refractivity contribution in [3.05, 3.63) is 35.9 Å². The van der Waals surface area contributed by atoms with Crippen LogP contribution >= 0.6 is 24.8 Å². The van der Waals surface area contributed by atoms with Crippen LogP contribution in [-0.4, -0.2) is 31.1 Å². The lowest BCUT2D eigenvalue weighted by Gasteiger charge is -2.38. The number of hydrogen-bond acceptors (Lipinski definition) is 2. The van der Waals surface area contributed by atoms with E-state index >= 15 is 0 Å². The van der Waals surface area contributed by atoms with Crippen molar-refractivity contribution in [2.24, 2.45) is 5.41 Å². The van der Waals surface area contributed by atoms with Crippen LogP contribution in [0.1, 0.15) is 24.8 Å². The molecule has 1 spiro atoms. The maximum Gasteiger partial charge on any atom is 0.0233 e. The molecule has 1 N–H and O–H groups in total. The summed E-state index contributed by atoms with van der Waals surface area (Å²) in [6, 6.07) is 10.9. The van der Waals surface area contributed by atoms with E-state index < -0.39 is 0 Å². The topological polar surface area (TPSA) is 15.3 Å². The van der Waals surface area contributed by atoms with Gasteiger partial charge in [0, 0.05) is 13.1 Å². The van der Waals surface area contributed by atoms with Crippen LogP contribution in [0.4, 0.5) is 0 Å². The minimum absolute atomic E-state index is 0. The average molecular weight is 303 g/mol. The van der Waals surface area contributed by atoms with Crippen molar-refractivity contribution in [2.75, 3.05) is 26.2 Å². The van der Waals surface area contributed by atoms with Crippen molar-refractivity contribution in [1.29, 1.82) is 0 Å². The molecular weight excluding hydrogens is 279 g/mol. The lowest BCUT2D eigenvalue weighted by atomic mass is 9.78. The van der Waals surface area contributed by atoms with Gasteiger partial charge in [-0.2, -0.15) is 0 Å². The molecule has 1 aromatic carbocycles. The number of nitrogens with one attached hydrogen (secondary N) is 1. The van der Waals surface area contributed by atoms with E-state index in [9.17, 15) is 0 Å². The van der Waals surface area contributed by atoms with Crippen molar-refractivity contribution in [3.63, 3.8) is 0 Å². The van der Waals surface area contributed by atoms with Crippen LogP contribution in [0.5, 0.6) is 0 Å². The second-order valence-electron chi connectivity index (χ2n) is 5.69. The molecule has 2 aliphatic rings. The number of likely N-dealkylation sites (tertiary alicyclic amines) is 1. The summed E-state index contributed by atoms with van der Waals surface area (Å²) in [5.74, 6) is 0. The van der Waals surface area contributed by atoms with Gasteiger partial charge in [0.15, 0.2) is 0 Å². The molecule has 0 unspecified atom stereocenters. The van der Waals surface area contributed by atoms with Gasteiger partial charge in [-0.05, 0) is 49.9 Å². The molecule has 1 aromatic rings. The van der Waals surface area contributed by atoms with Crippen molar-refractivity contribution < 1.29 is 0 Å². The fraction of sp³-hybridized carbons (Fsp3) is 0.600. The first-order chi connectivity index (χ1) is 8.36. The van der Waals surface area contributed by atoms with Gasteiger partial charge >= 0.3 is 0 Å². The Morgan fingerprint density at radius 3 is 2.26 bits per heavy atom. The molecule has 19 heavy (non-hydrogen) atoms. The third-order valence-electron chi connectivity index (χ3n) is 4.50. The predicted molar refractivity (Wildman–Crippen MR) is 85.4 cm³/mol. The number of halogens is 2. The quantitative estimate of drug-likeness (QED) is 0.903. The van der Waals surface area contributed by atoms with Crippen LogP contribution in [-0.2, 0) is 6.54 Å². The van der Waals surface area contributed by atoms with E-state index in [0.29, 0.717) is 5.41 Å². The minimum atomic E-state index is 0. The van der Waals surface area contributed by atoms with Gasteiger partial charge in [0.05, 0.1) is 0 Å². The van der Waals surface area contributed by atoms with E-state index in [4.69, 9.17) is 0 Å². The number of piperidine rings is 1. The monoisotopic (exact) mass is 302 g/mol. The van der Waals surface area contributed by atoms with E-state index in [1.54, 1.807) is 0 Å². The zero-order chi connectivity index (χ0) is 11.6. The van der Waals surface area contributed by atoms with Crippen LogP contribution in [0.25, 0.3) is 0 Å². The van der Waals surface area contributed by atoms with Gasteiger partial charge in [-0.3, -0.25) is 4.90 Å². The molecule has 2 fully saturated rings. The summed E-state index contributed by atoms with van der Waals surface area (Å²) in [5.41, 5.74) is 2.10.